The fourth-order valence-corrected chi connectivity index (χ4v) is 3.51. The molecule has 1 amide bonds. The van der Waals surface area contributed by atoms with Crippen LogP contribution in [0.2, 0.25) is 0 Å². The van der Waals surface area contributed by atoms with E-state index in [1.165, 1.54) is 23.8 Å². The number of thiophene rings is 1. The number of halogens is 1. The molecular formula is C14H15FN2OS. The molecule has 100 valence electrons. The Morgan fingerprint density at radius 3 is 2.79 bits per heavy atom. The van der Waals surface area contributed by atoms with Crippen molar-refractivity contribution in [2.24, 2.45) is 0 Å². The van der Waals surface area contributed by atoms with Crippen molar-refractivity contribution in [1.29, 1.82) is 0 Å². The summed E-state index contributed by atoms with van der Waals surface area (Å²) in [5, 5.41) is 0.373. The van der Waals surface area contributed by atoms with E-state index in [-0.39, 0.29) is 17.4 Å². The maximum atomic E-state index is 13.8. The van der Waals surface area contributed by atoms with Crippen LogP contribution in [0, 0.1) is 5.82 Å². The summed E-state index contributed by atoms with van der Waals surface area (Å²) in [6, 6.07) is 5.11. The van der Waals surface area contributed by atoms with Gasteiger partial charge in [0.1, 0.15) is 10.7 Å². The summed E-state index contributed by atoms with van der Waals surface area (Å²) >= 11 is 1.27. The highest BCUT2D eigenvalue weighted by Crippen LogP contribution is 2.37. The van der Waals surface area contributed by atoms with Gasteiger partial charge < -0.3 is 10.6 Å². The van der Waals surface area contributed by atoms with Gasteiger partial charge in [0.15, 0.2) is 0 Å². The zero-order valence-electron chi connectivity index (χ0n) is 10.6. The molecule has 3 nitrogen and oxygen atoms in total. The van der Waals surface area contributed by atoms with Crippen molar-refractivity contribution in [3.63, 3.8) is 0 Å². The Morgan fingerprint density at radius 1 is 1.47 bits per heavy atom. The lowest BCUT2D eigenvalue weighted by Crippen LogP contribution is -2.41. The minimum atomic E-state index is -0.364. The van der Waals surface area contributed by atoms with E-state index in [0.29, 0.717) is 16.3 Å². The van der Waals surface area contributed by atoms with E-state index in [1.807, 2.05) is 0 Å². The van der Waals surface area contributed by atoms with E-state index in [9.17, 15) is 9.18 Å². The molecule has 0 bridgehead atoms. The highest BCUT2D eigenvalue weighted by Gasteiger charge is 2.29. The highest BCUT2D eigenvalue weighted by molar-refractivity contribution is 7.21. The molecule has 1 heterocycles. The molecule has 0 atom stereocenters. The van der Waals surface area contributed by atoms with Crippen molar-refractivity contribution in [2.75, 3.05) is 12.8 Å². The number of nitrogens with zero attached hydrogens (tertiary/aromatic N) is 1. The first kappa shape index (κ1) is 12.4. The molecule has 1 aliphatic carbocycles. The van der Waals surface area contributed by atoms with E-state index < -0.39 is 0 Å². The molecule has 1 aromatic heterocycles. The monoisotopic (exact) mass is 278 g/mol. The normalized spacial score (nSPS) is 15.5. The molecule has 0 unspecified atom stereocenters. The van der Waals surface area contributed by atoms with E-state index in [2.05, 4.69) is 0 Å². The average molecular weight is 278 g/mol. The highest BCUT2D eigenvalue weighted by atomic mass is 32.1. The summed E-state index contributed by atoms with van der Waals surface area (Å²) in [6.45, 7) is 0. The predicted octanol–water partition coefficient (Wildman–Crippen LogP) is 3.25. The Bertz CT molecular complexity index is 648. The largest absolute Gasteiger partial charge is 0.397 e. The van der Waals surface area contributed by atoms with Crippen LogP contribution in [0.5, 0.6) is 0 Å². The van der Waals surface area contributed by atoms with Gasteiger partial charge in [0.2, 0.25) is 0 Å². The topological polar surface area (TPSA) is 46.3 Å². The zero-order chi connectivity index (χ0) is 13.6. The maximum absolute atomic E-state index is 13.8. The number of carbonyl (C=O) groups is 1. The number of carbonyl (C=O) groups excluding carboxylic acids is 1. The molecule has 5 heteroatoms. The molecule has 1 fully saturated rings. The number of anilines is 1. The number of amides is 1. The van der Waals surface area contributed by atoms with Gasteiger partial charge in [-0.05, 0) is 31.4 Å². The van der Waals surface area contributed by atoms with Gasteiger partial charge in [-0.25, -0.2) is 4.39 Å². The third-order valence-corrected chi connectivity index (χ3v) is 5.00. The van der Waals surface area contributed by atoms with Gasteiger partial charge in [-0.15, -0.1) is 11.3 Å². The molecule has 0 spiro atoms. The fourth-order valence-electron chi connectivity index (χ4n) is 2.39. The van der Waals surface area contributed by atoms with Gasteiger partial charge in [0, 0.05) is 17.8 Å². The minimum Gasteiger partial charge on any atom is -0.397 e. The van der Waals surface area contributed by atoms with Gasteiger partial charge in [-0.3, -0.25) is 4.79 Å². The van der Waals surface area contributed by atoms with Crippen molar-refractivity contribution >= 4 is 33.0 Å². The standard InChI is InChI=1S/C14H15FN2OS/c1-17(8-4-2-5-8)14(18)13-12(16)11-9(15)6-3-7-10(11)19-13/h3,6-8H,2,4-5,16H2,1H3. The molecule has 1 aromatic carbocycles. The third kappa shape index (κ3) is 1.89. The van der Waals surface area contributed by atoms with Crippen molar-refractivity contribution in [3.05, 3.63) is 28.9 Å². The Kier molecular flexibility index (Phi) is 2.93. The van der Waals surface area contributed by atoms with Crippen molar-refractivity contribution in [2.45, 2.75) is 25.3 Å². The van der Waals surface area contributed by atoms with E-state index in [4.69, 9.17) is 5.73 Å². The second-order valence-electron chi connectivity index (χ2n) is 4.96. The number of nitrogen functional groups attached to an aromatic ring is 1. The summed E-state index contributed by atoms with van der Waals surface area (Å²) in [5.41, 5.74) is 6.23. The molecule has 1 aliphatic rings. The number of nitrogens with two attached hydrogens (primary N) is 1. The van der Waals surface area contributed by atoms with Crippen molar-refractivity contribution < 1.29 is 9.18 Å². The Morgan fingerprint density at radius 2 is 2.21 bits per heavy atom. The van der Waals surface area contributed by atoms with Crippen LogP contribution in [0.25, 0.3) is 10.1 Å². The molecule has 2 aromatic rings. The number of hydrogen-bond donors (Lipinski definition) is 1. The molecule has 0 aliphatic heterocycles. The SMILES string of the molecule is CN(C(=O)c1sc2cccc(F)c2c1N)C1CCC1. The van der Waals surface area contributed by atoms with Gasteiger partial charge >= 0.3 is 0 Å². The van der Waals surface area contributed by atoms with Crippen LogP contribution in [-0.4, -0.2) is 23.9 Å². The number of rotatable bonds is 2. The lowest BCUT2D eigenvalue weighted by atomic mass is 9.92. The summed E-state index contributed by atoms with van der Waals surface area (Å²) < 4.78 is 14.5. The van der Waals surface area contributed by atoms with Crippen LogP contribution in [0.15, 0.2) is 18.2 Å². The Balaban J connectivity index is 2.03. The molecule has 0 radical (unpaired) electrons. The first-order valence-corrected chi connectivity index (χ1v) is 7.15. The first-order valence-electron chi connectivity index (χ1n) is 6.33. The first-order chi connectivity index (χ1) is 9.09. The lowest BCUT2D eigenvalue weighted by Gasteiger charge is -2.34. The van der Waals surface area contributed by atoms with E-state index in [1.54, 1.807) is 24.1 Å². The van der Waals surface area contributed by atoms with Crippen LogP contribution in [0.3, 0.4) is 0 Å². The van der Waals surface area contributed by atoms with Crippen LogP contribution in [-0.2, 0) is 0 Å². The van der Waals surface area contributed by atoms with E-state index >= 15 is 0 Å². The molecule has 3 rings (SSSR count). The quantitative estimate of drug-likeness (QED) is 0.916. The third-order valence-electron chi connectivity index (χ3n) is 3.84. The second kappa shape index (κ2) is 4.49. The number of fused-ring (bicyclic) bond motifs is 1. The summed E-state index contributed by atoms with van der Waals surface area (Å²) in [6.07, 6.45) is 3.25. The second-order valence-corrected chi connectivity index (χ2v) is 6.01. The zero-order valence-corrected chi connectivity index (χ0v) is 11.5. The fraction of sp³-hybridized carbons (Fsp3) is 0.357. The maximum Gasteiger partial charge on any atom is 0.266 e. The molecule has 19 heavy (non-hydrogen) atoms. The van der Waals surface area contributed by atoms with Crippen LogP contribution < -0.4 is 5.73 Å². The summed E-state index contributed by atoms with van der Waals surface area (Å²) in [5.74, 6) is -0.459. The van der Waals surface area contributed by atoms with Crippen molar-refractivity contribution in [3.8, 4) is 0 Å². The van der Waals surface area contributed by atoms with E-state index in [0.717, 1.165) is 17.5 Å². The molecule has 1 saturated carbocycles. The number of benzene rings is 1. The number of hydrogen-bond acceptors (Lipinski definition) is 3. The van der Waals surface area contributed by atoms with Gasteiger partial charge in [-0.1, -0.05) is 6.07 Å². The van der Waals surface area contributed by atoms with Crippen LogP contribution in [0.1, 0.15) is 28.9 Å². The minimum absolute atomic E-state index is 0.0946. The average Bonchev–Trinajstić information content (AvgIpc) is 2.65. The summed E-state index contributed by atoms with van der Waals surface area (Å²) in [4.78, 5) is 14.6. The van der Waals surface area contributed by atoms with Gasteiger partial charge in [0.05, 0.1) is 11.1 Å². The Hall–Kier alpha value is -1.62. The van der Waals surface area contributed by atoms with Gasteiger partial charge in [0.25, 0.3) is 5.91 Å². The molecule has 2 N–H and O–H groups in total. The lowest BCUT2D eigenvalue weighted by molar-refractivity contribution is 0.0658. The Labute approximate surface area is 114 Å². The van der Waals surface area contributed by atoms with Crippen LogP contribution in [0.4, 0.5) is 10.1 Å². The van der Waals surface area contributed by atoms with Crippen LogP contribution >= 0.6 is 11.3 Å². The van der Waals surface area contributed by atoms with Gasteiger partial charge in [-0.2, -0.15) is 0 Å². The smallest absolute Gasteiger partial charge is 0.266 e. The van der Waals surface area contributed by atoms with Crippen molar-refractivity contribution in [1.82, 2.24) is 4.90 Å². The molecular weight excluding hydrogens is 263 g/mol. The summed E-state index contributed by atoms with van der Waals surface area (Å²) in [7, 11) is 1.80. The predicted molar refractivity (Wildman–Crippen MR) is 75.9 cm³/mol. The molecule has 0 saturated heterocycles.